The third-order valence-electron chi connectivity index (χ3n) is 5.30. The minimum atomic E-state index is -0.973. The van der Waals surface area contributed by atoms with Crippen molar-refractivity contribution in [2.75, 3.05) is 5.32 Å². The van der Waals surface area contributed by atoms with E-state index in [1.54, 1.807) is 23.0 Å². The van der Waals surface area contributed by atoms with Gasteiger partial charge < -0.3 is 10.3 Å². The van der Waals surface area contributed by atoms with Gasteiger partial charge in [-0.2, -0.15) is 10.2 Å². The van der Waals surface area contributed by atoms with Gasteiger partial charge in [-0.25, -0.2) is 23.3 Å². The third kappa shape index (κ3) is 3.10. The van der Waals surface area contributed by atoms with E-state index in [9.17, 15) is 8.78 Å². The van der Waals surface area contributed by atoms with Gasteiger partial charge in [-0.05, 0) is 25.0 Å². The van der Waals surface area contributed by atoms with Crippen molar-refractivity contribution in [3.05, 3.63) is 59.4 Å². The van der Waals surface area contributed by atoms with Crippen molar-refractivity contribution >= 4 is 34.0 Å². The van der Waals surface area contributed by atoms with Crippen LogP contribution in [0.2, 0.25) is 5.15 Å². The standard InChI is InChI=1S/C20H15ClF2N8/c21-16-5-14(24-8-17-27-13-4-3-12(22)18(23)19(13)28-17)20-25-7-15(31(20)29-16)10-6-26-30(9-10)11-1-2-11/h3-7,9,11,24H,1-2,8H2,(H,27,28). The minimum Gasteiger partial charge on any atom is -0.375 e. The summed E-state index contributed by atoms with van der Waals surface area (Å²) in [4.78, 5) is 11.6. The normalized spacial score (nSPS) is 14.0. The van der Waals surface area contributed by atoms with Gasteiger partial charge in [-0.15, -0.1) is 0 Å². The summed E-state index contributed by atoms with van der Waals surface area (Å²) in [5, 5.41) is 12.3. The average Bonchev–Trinajstić information content (AvgIpc) is 3.15. The molecule has 8 nitrogen and oxygen atoms in total. The Morgan fingerprint density at radius 3 is 2.94 bits per heavy atom. The molecule has 1 saturated carbocycles. The number of halogens is 3. The summed E-state index contributed by atoms with van der Waals surface area (Å²) >= 11 is 6.25. The van der Waals surface area contributed by atoms with E-state index in [-0.39, 0.29) is 17.2 Å². The summed E-state index contributed by atoms with van der Waals surface area (Å²) in [6.07, 6.45) is 7.78. The van der Waals surface area contributed by atoms with Gasteiger partial charge in [0.05, 0.1) is 41.9 Å². The number of aromatic amines is 1. The number of nitrogens with zero attached hydrogens (tertiary/aromatic N) is 6. The average molecular weight is 441 g/mol. The maximum Gasteiger partial charge on any atom is 0.186 e. The SMILES string of the molecule is Fc1ccc2[nH]c(CNc3cc(Cl)nn4c(-c5cnn(C6CC6)c5)cnc34)nc2c1F. The maximum absolute atomic E-state index is 13.9. The number of fused-ring (bicyclic) bond motifs is 2. The van der Waals surface area contributed by atoms with E-state index >= 15 is 0 Å². The van der Waals surface area contributed by atoms with E-state index in [4.69, 9.17) is 11.6 Å². The van der Waals surface area contributed by atoms with Crippen LogP contribution >= 0.6 is 11.6 Å². The summed E-state index contributed by atoms with van der Waals surface area (Å²) in [6.45, 7) is 0.230. The van der Waals surface area contributed by atoms with Crippen molar-refractivity contribution in [3.8, 4) is 11.3 Å². The largest absolute Gasteiger partial charge is 0.375 e. The number of benzene rings is 1. The summed E-state index contributed by atoms with van der Waals surface area (Å²) in [5.74, 6) is -1.46. The number of nitrogens with one attached hydrogen (secondary N) is 2. The molecule has 31 heavy (non-hydrogen) atoms. The molecule has 4 aromatic heterocycles. The molecule has 0 unspecified atom stereocenters. The number of anilines is 1. The summed E-state index contributed by atoms with van der Waals surface area (Å²) in [7, 11) is 0. The van der Waals surface area contributed by atoms with Crippen molar-refractivity contribution in [2.45, 2.75) is 25.4 Å². The van der Waals surface area contributed by atoms with Crippen molar-refractivity contribution in [2.24, 2.45) is 0 Å². The fraction of sp³-hybridized carbons (Fsp3) is 0.200. The molecule has 1 fully saturated rings. The molecule has 2 N–H and O–H groups in total. The zero-order valence-electron chi connectivity index (χ0n) is 16.0. The van der Waals surface area contributed by atoms with E-state index in [1.165, 1.54) is 6.07 Å². The second-order valence-corrected chi connectivity index (χ2v) is 7.88. The highest BCUT2D eigenvalue weighted by atomic mass is 35.5. The molecule has 11 heteroatoms. The molecule has 0 saturated heterocycles. The van der Waals surface area contributed by atoms with E-state index in [0.29, 0.717) is 28.7 Å². The smallest absolute Gasteiger partial charge is 0.186 e. The molecule has 4 heterocycles. The van der Waals surface area contributed by atoms with Gasteiger partial charge in [0, 0.05) is 17.8 Å². The number of hydrogen-bond donors (Lipinski definition) is 2. The zero-order valence-corrected chi connectivity index (χ0v) is 16.7. The molecule has 0 bridgehead atoms. The lowest BCUT2D eigenvalue weighted by molar-refractivity contribution is 0.515. The summed E-state index contributed by atoms with van der Waals surface area (Å²) in [5.41, 5.74) is 3.26. The van der Waals surface area contributed by atoms with Crippen LogP contribution in [-0.2, 0) is 6.54 Å². The van der Waals surface area contributed by atoms with Gasteiger partial charge in [0.25, 0.3) is 0 Å². The maximum atomic E-state index is 13.9. The first-order chi connectivity index (χ1) is 15.1. The van der Waals surface area contributed by atoms with E-state index in [1.807, 2.05) is 10.9 Å². The molecule has 0 aliphatic heterocycles. The lowest BCUT2D eigenvalue weighted by Crippen LogP contribution is -2.05. The molecule has 6 rings (SSSR count). The number of rotatable bonds is 5. The molecular formula is C20H15ClF2N8. The van der Waals surface area contributed by atoms with Gasteiger partial charge in [-0.1, -0.05) is 11.6 Å². The van der Waals surface area contributed by atoms with Gasteiger partial charge >= 0.3 is 0 Å². The Morgan fingerprint density at radius 2 is 2.10 bits per heavy atom. The van der Waals surface area contributed by atoms with Gasteiger partial charge in [0.15, 0.2) is 22.4 Å². The van der Waals surface area contributed by atoms with Crippen molar-refractivity contribution in [3.63, 3.8) is 0 Å². The Hall–Kier alpha value is -3.53. The van der Waals surface area contributed by atoms with Crippen LogP contribution in [0.3, 0.4) is 0 Å². The third-order valence-corrected chi connectivity index (χ3v) is 5.48. The van der Waals surface area contributed by atoms with Crippen LogP contribution in [-0.4, -0.2) is 34.3 Å². The Bertz CT molecular complexity index is 1450. The van der Waals surface area contributed by atoms with Crippen LogP contribution in [0.5, 0.6) is 0 Å². The number of H-pyrrole nitrogens is 1. The predicted octanol–water partition coefficient (Wildman–Crippen LogP) is 4.35. The molecule has 5 aromatic rings. The monoisotopic (exact) mass is 440 g/mol. The van der Waals surface area contributed by atoms with E-state index in [0.717, 1.165) is 30.2 Å². The fourth-order valence-electron chi connectivity index (χ4n) is 3.61. The lowest BCUT2D eigenvalue weighted by atomic mass is 10.3. The van der Waals surface area contributed by atoms with Gasteiger partial charge in [-0.3, -0.25) is 4.68 Å². The Kier molecular flexibility index (Phi) is 3.97. The zero-order chi connectivity index (χ0) is 21.1. The minimum absolute atomic E-state index is 0.0366. The van der Waals surface area contributed by atoms with Gasteiger partial charge in [0.2, 0.25) is 0 Å². The first kappa shape index (κ1) is 18.3. The molecule has 1 aliphatic rings. The van der Waals surface area contributed by atoms with Crippen molar-refractivity contribution in [1.82, 2.24) is 34.3 Å². The van der Waals surface area contributed by atoms with Crippen LogP contribution in [0.25, 0.3) is 27.9 Å². The molecule has 0 spiro atoms. The van der Waals surface area contributed by atoms with Crippen LogP contribution in [0.4, 0.5) is 14.5 Å². The molecule has 1 aliphatic carbocycles. The lowest BCUT2D eigenvalue weighted by Gasteiger charge is -2.07. The van der Waals surface area contributed by atoms with E-state index < -0.39 is 11.6 Å². The highest BCUT2D eigenvalue weighted by molar-refractivity contribution is 6.29. The van der Waals surface area contributed by atoms with Crippen LogP contribution < -0.4 is 5.32 Å². The molecule has 1 aromatic carbocycles. The molecular weight excluding hydrogens is 426 g/mol. The second kappa shape index (κ2) is 6.74. The summed E-state index contributed by atoms with van der Waals surface area (Å²) in [6, 6.07) is 4.65. The molecule has 0 radical (unpaired) electrons. The van der Waals surface area contributed by atoms with E-state index in [2.05, 4.69) is 30.5 Å². The first-order valence-electron chi connectivity index (χ1n) is 9.72. The second-order valence-electron chi connectivity index (χ2n) is 7.49. The molecule has 0 amide bonds. The van der Waals surface area contributed by atoms with Crippen LogP contribution in [0, 0.1) is 11.6 Å². The highest BCUT2D eigenvalue weighted by Gasteiger charge is 2.25. The fourth-order valence-corrected chi connectivity index (χ4v) is 3.79. The Balaban J connectivity index is 1.32. The Labute approximate surface area is 178 Å². The molecule has 156 valence electrons. The molecule has 0 atom stereocenters. The number of hydrogen-bond acceptors (Lipinski definition) is 5. The number of aromatic nitrogens is 7. The quantitative estimate of drug-likeness (QED) is 0.424. The predicted molar refractivity (Wildman–Crippen MR) is 111 cm³/mol. The van der Waals surface area contributed by atoms with Gasteiger partial charge in [0.1, 0.15) is 11.3 Å². The summed E-state index contributed by atoms with van der Waals surface area (Å²) < 4.78 is 31.0. The van der Waals surface area contributed by atoms with Crippen molar-refractivity contribution in [1.29, 1.82) is 0 Å². The Morgan fingerprint density at radius 1 is 1.23 bits per heavy atom. The van der Waals surface area contributed by atoms with Crippen molar-refractivity contribution < 1.29 is 8.78 Å². The first-order valence-corrected chi connectivity index (χ1v) is 10.1. The van der Waals surface area contributed by atoms with Crippen LogP contribution in [0.15, 0.2) is 36.8 Å². The topological polar surface area (TPSA) is 88.7 Å². The van der Waals surface area contributed by atoms with Crippen LogP contribution in [0.1, 0.15) is 24.7 Å². The highest BCUT2D eigenvalue weighted by Crippen LogP contribution is 2.35. The number of imidazole rings is 2.